The third kappa shape index (κ3) is 2.47. The van der Waals surface area contributed by atoms with Gasteiger partial charge in [0.2, 0.25) is 0 Å². The predicted octanol–water partition coefficient (Wildman–Crippen LogP) is 1.09. The van der Waals surface area contributed by atoms with Crippen molar-refractivity contribution in [1.29, 1.82) is 0 Å². The lowest BCUT2D eigenvalue weighted by Gasteiger charge is -2.12. The lowest BCUT2D eigenvalue weighted by molar-refractivity contribution is 0.105. The summed E-state index contributed by atoms with van der Waals surface area (Å²) in [7, 11) is 0. The fraction of sp³-hybridized carbons (Fsp3) is 0.231. The van der Waals surface area contributed by atoms with E-state index in [0.717, 1.165) is 5.56 Å². The van der Waals surface area contributed by atoms with Gasteiger partial charge in [-0.25, -0.2) is 0 Å². The molecule has 0 heterocycles. The van der Waals surface area contributed by atoms with E-state index in [0.29, 0.717) is 0 Å². The lowest BCUT2D eigenvalue weighted by atomic mass is 10.0. The molecular weight excluding hydrogens is 188 g/mol. The van der Waals surface area contributed by atoms with Gasteiger partial charge < -0.3 is 10.2 Å². The van der Waals surface area contributed by atoms with E-state index in [2.05, 4.69) is 11.8 Å². The van der Waals surface area contributed by atoms with Crippen molar-refractivity contribution in [3.63, 3.8) is 0 Å². The average Bonchev–Trinajstić information content (AvgIpc) is 2.58. The summed E-state index contributed by atoms with van der Waals surface area (Å²) in [6, 6.07) is 9.47. The molecule has 1 aromatic rings. The second-order valence-corrected chi connectivity index (χ2v) is 3.67. The molecule has 0 spiro atoms. The van der Waals surface area contributed by atoms with Gasteiger partial charge in [0.05, 0.1) is 6.10 Å². The van der Waals surface area contributed by atoms with Crippen LogP contribution in [0.3, 0.4) is 0 Å². The standard InChI is InChI=1S/C13H12O2/c14-12-7-9-13(15,10-12)8-6-11-4-2-1-3-5-11/h1-5,7,9,12,14-15H,10H2/t12-,13+/m0/s1. The Morgan fingerprint density at radius 3 is 2.60 bits per heavy atom. The van der Waals surface area contributed by atoms with Gasteiger partial charge in [-0.15, -0.1) is 0 Å². The fourth-order valence-corrected chi connectivity index (χ4v) is 1.52. The van der Waals surface area contributed by atoms with E-state index in [1.165, 1.54) is 0 Å². The van der Waals surface area contributed by atoms with Crippen LogP contribution >= 0.6 is 0 Å². The number of benzene rings is 1. The molecule has 2 atom stereocenters. The number of aliphatic hydroxyl groups excluding tert-OH is 1. The maximum Gasteiger partial charge on any atom is 0.147 e. The van der Waals surface area contributed by atoms with E-state index in [9.17, 15) is 10.2 Å². The quantitative estimate of drug-likeness (QED) is 0.486. The first kappa shape index (κ1) is 9.97. The van der Waals surface area contributed by atoms with Crippen LogP contribution < -0.4 is 0 Å². The van der Waals surface area contributed by atoms with Crippen LogP contribution in [-0.4, -0.2) is 21.9 Å². The Labute approximate surface area is 88.9 Å². The minimum Gasteiger partial charge on any atom is -0.389 e. The summed E-state index contributed by atoms with van der Waals surface area (Å²) in [5, 5.41) is 19.1. The van der Waals surface area contributed by atoms with Gasteiger partial charge in [-0.05, 0) is 18.2 Å². The molecule has 76 valence electrons. The molecule has 2 nitrogen and oxygen atoms in total. The van der Waals surface area contributed by atoms with Gasteiger partial charge in [0.1, 0.15) is 5.60 Å². The number of rotatable bonds is 0. The maximum absolute atomic E-state index is 9.90. The molecule has 0 unspecified atom stereocenters. The first-order valence-electron chi connectivity index (χ1n) is 4.86. The van der Waals surface area contributed by atoms with E-state index in [1.54, 1.807) is 12.2 Å². The molecule has 0 bridgehead atoms. The summed E-state index contributed by atoms with van der Waals surface area (Å²) in [6.07, 6.45) is 2.79. The molecule has 1 aliphatic carbocycles. The molecule has 15 heavy (non-hydrogen) atoms. The van der Waals surface area contributed by atoms with Gasteiger partial charge in [0.15, 0.2) is 0 Å². The van der Waals surface area contributed by atoms with Crippen LogP contribution in [0.1, 0.15) is 12.0 Å². The monoisotopic (exact) mass is 200 g/mol. The van der Waals surface area contributed by atoms with E-state index in [4.69, 9.17) is 0 Å². The second kappa shape index (κ2) is 3.90. The normalized spacial score (nSPS) is 28.5. The van der Waals surface area contributed by atoms with Crippen LogP contribution in [0.2, 0.25) is 0 Å². The molecule has 0 radical (unpaired) electrons. The van der Waals surface area contributed by atoms with Gasteiger partial charge in [-0.1, -0.05) is 36.1 Å². The molecule has 0 aliphatic heterocycles. The van der Waals surface area contributed by atoms with Crippen LogP contribution in [-0.2, 0) is 0 Å². The number of hydrogen-bond acceptors (Lipinski definition) is 2. The van der Waals surface area contributed by atoms with E-state index < -0.39 is 11.7 Å². The molecule has 2 rings (SSSR count). The first-order valence-corrected chi connectivity index (χ1v) is 4.86. The van der Waals surface area contributed by atoms with E-state index in [-0.39, 0.29) is 6.42 Å². The van der Waals surface area contributed by atoms with Crippen LogP contribution in [0.25, 0.3) is 0 Å². The van der Waals surface area contributed by atoms with Gasteiger partial charge in [-0.3, -0.25) is 0 Å². The van der Waals surface area contributed by atoms with Crippen molar-refractivity contribution in [2.24, 2.45) is 0 Å². The zero-order chi connectivity index (χ0) is 10.7. The van der Waals surface area contributed by atoms with Crippen molar-refractivity contribution in [2.75, 3.05) is 0 Å². The number of aliphatic hydroxyl groups is 2. The Balaban J connectivity index is 2.16. The summed E-state index contributed by atoms with van der Waals surface area (Å²) in [5.74, 6) is 5.65. The second-order valence-electron chi connectivity index (χ2n) is 3.67. The van der Waals surface area contributed by atoms with Crippen LogP contribution in [0.5, 0.6) is 0 Å². The van der Waals surface area contributed by atoms with Crippen molar-refractivity contribution >= 4 is 0 Å². The van der Waals surface area contributed by atoms with Gasteiger partial charge in [0, 0.05) is 12.0 Å². The lowest BCUT2D eigenvalue weighted by Crippen LogP contribution is -2.23. The summed E-state index contributed by atoms with van der Waals surface area (Å²) in [4.78, 5) is 0. The highest BCUT2D eigenvalue weighted by atomic mass is 16.3. The maximum atomic E-state index is 9.90. The Kier molecular flexibility index (Phi) is 2.59. The molecule has 1 aliphatic rings. The Bertz CT molecular complexity index is 425. The van der Waals surface area contributed by atoms with Gasteiger partial charge in [-0.2, -0.15) is 0 Å². The minimum absolute atomic E-state index is 0.257. The summed E-state index contributed by atoms with van der Waals surface area (Å²) < 4.78 is 0. The van der Waals surface area contributed by atoms with Gasteiger partial charge >= 0.3 is 0 Å². The van der Waals surface area contributed by atoms with Crippen molar-refractivity contribution in [1.82, 2.24) is 0 Å². The fourth-order valence-electron chi connectivity index (χ4n) is 1.52. The third-order valence-electron chi connectivity index (χ3n) is 2.31. The molecule has 0 saturated carbocycles. The highest BCUT2D eigenvalue weighted by Crippen LogP contribution is 2.21. The van der Waals surface area contributed by atoms with E-state index >= 15 is 0 Å². The van der Waals surface area contributed by atoms with Crippen molar-refractivity contribution in [2.45, 2.75) is 18.1 Å². The number of hydrogen-bond donors (Lipinski definition) is 2. The third-order valence-corrected chi connectivity index (χ3v) is 2.31. The zero-order valence-corrected chi connectivity index (χ0v) is 8.22. The molecular formula is C13H12O2. The zero-order valence-electron chi connectivity index (χ0n) is 8.22. The van der Waals surface area contributed by atoms with Crippen LogP contribution in [0.4, 0.5) is 0 Å². The van der Waals surface area contributed by atoms with E-state index in [1.807, 2.05) is 30.3 Å². The molecule has 2 N–H and O–H groups in total. The predicted molar refractivity (Wildman–Crippen MR) is 58.0 cm³/mol. The molecule has 2 heteroatoms. The Morgan fingerprint density at radius 1 is 1.27 bits per heavy atom. The Hall–Kier alpha value is -1.56. The Morgan fingerprint density at radius 2 is 2.00 bits per heavy atom. The average molecular weight is 200 g/mol. The minimum atomic E-state index is -1.17. The van der Waals surface area contributed by atoms with Crippen molar-refractivity contribution < 1.29 is 10.2 Å². The summed E-state index contributed by atoms with van der Waals surface area (Å²) in [6.45, 7) is 0. The largest absolute Gasteiger partial charge is 0.389 e. The SMILES string of the molecule is O[C@H]1C=C[C@](O)(C#Cc2ccccc2)C1. The van der Waals surface area contributed by atoms with Gasteiger partial charge in [0.25, 0.3) is 0 Å². The molecule has 0 aromatic heterocycles. The molecule has 0 amide bonds. The van der Waals surface area contributed by atoms with Crippen molar-refractivity contribution in [3.8, 4) is 11.8 Å². The van der Waals surface area contributed by atoms with Crippen molar-refractivity contribution in [3.05, 3.63) is 48.0 Å². The van der Waals surface area contributed by atoms with Crippen LogP contribution in [0.15, 0.2) is 42.5 Å². The van der Waals surface area contributed by atoms with Crippen LogP contribution in [0, 0.1) is 11.8 Å². The molecule has 0 fully saturated rings. The topological polar surface area (TPSA) is 40.5 Å². The molecule has 1 aromatic carbocycles. The summed E-state index contributed by atoms with van der Waals surface area (Å²) in [5.41, 5.74) is -0.310. The smallest absolute Gasteiger partial charge is 0.147 e. The highest BCUT2D eigenvalue weighted by Gasteiger charge is 2.29. The highest BCUT2D eigenvalue weighted by molar-refractivity contribution is 5.39. The summed E-state index contributed by atoms with van der Waals surface area (Å²) >= 11 is 0. The first-order chi connectivity index (χ1) is 7.18. The molecule has 0 saturated heterocycles.